The fraction of sp³-hybridized carbons (Fsp3) is 0.923. The molecule has 0 radical (unpaired) electrons. The molecule has 4 atom stereocenters. The van der Waals surface area contributed by atoms with E-state index >= 15 is 0 Å². The number of methoxy groups -OCH3 is 1. The second-order valence-corrected chi connectivity index (χ2v) is 6.20. The number of hydrogen-bond donors (Lipinski definition) is 1. The summed E-state index contributed by atoms with van der Waals surface area (Å²) in [5.74, 6) is 3.47. The normalized spacial score (nSPS) is 44.3. The van der Waals surface area contributed by atoms with Crippen molar-refractivity contribution in [3.63, 3.8) is 0 Å². The molecule has 0 spiro atoms. The number of carbonyl (C=O) groups is 1. The van der Waals surface area contributed by atoms with E-state index in [4.69, 9.17) is 4.74 Å². The number of carbonyl (C=O) groups excluding carboxylic acids is 1. The SMILES string of the molecule is COC(C)(C)C(=O)NC1C2C3CCC(C3)C12. The van der Waals surface area contributed by atoms with Gasteiger partial charge in [0.2, 0.25) is 0 Å². The predicted molar refractivity (Wildman–Crippen MR) is 60.8 cm³/mol. The first kappa shape index (κ1) is 10.6. The molecule has 90 valence electrons. The van der Waals surface area contributed by atoms with Crippen molar-refractivity contribution >= 4 is 5.91 Å². The van der Waals surface area contributed by atoms with Gasteiger partial charge < -0.3 is 10.1 Å². The van der Waals surface area contributed by atoms with Gasteiger partial charge in [0.15, 0.2) is 0 Å². The smallest absolute Gasteiger partial charge is 0.251 e. The van der Waals surface area contributed by atoms with Crippen LogP contribution in [0.2, 0.25) is 0 Å². The van der Waals surface area contributed by atoms with Crippen LogP contribution in [0.4, 0.5) is 0 Å². The minimum absolute atomic E-state index is 0.0498. The quantitative estimate of drug-likeness (QED) is 0.788. The second-order valence-electron chi connectivity index (χ2n) is 6.20. The van der Waals surface area contributed by atoms with Crippen LogP contribution in [0, 0.1) is 23.7 Å². The third kappa shape index (κ3) is 1.33. The molecule has 16 heavy (non-hydrogen) atoms. The number of fused-ring (bicyclic) bond motifs is 5. The lowest BCUT2D eigenvalue weighted by Gasteiger charge is -2.22. The standard InChI is InChI=1S/C13H21NO2/c1-13(2,16-3)12(15)14-11-9-7-4-5-8(6-7)10(9)11/h7-11H,4-6H2,1-3H3,(H,14,15). The number of ether oxygens (including phenoxy) is 1. The van der Waals surface area contributed by atoms with Crippen LogP contribution >= 0.6 is 0 Å². The molecule has 3 fully saturated rings. The van der Waals surface area contributed by atoms with Crippen LogP contribution in [-0.4, -0.2) is 24.7 Å². The molecule has 0 aromatic carbocycles. The molecule has 3 aliphatic carbocycles. The van der Waals surface area contributed by atoms with Crippen molar-refractivity contribution in [1.82, 2.24) is 5.32 Å². The number of hydrogen-bond acceptors (Lipinski definition) is 2. The third-order valence-electron chi connectivity index (χ3n) is 5.09. The zero-order valence-electron chi connectivity index (χ0n) is 10.3. The van der Waals surface area contributed by atoms with Crippen LogP contribution in [0.15, 0.2) is 0 Å². The molecule has 2 bridgehead atoms. The van der Waals surface area contributed by atoms with Gasteiger partial charge >= 0.3 is 0 Å². The highest BCUT2D eigenvalue weighted by Crippen LogP contribution is 2.65. The topological polar surface area (TPSA) is 38.3 Å². The van der Waals surface area contributed by atoms with Crippen molar-refractivity contribution in [2.45, 2.75) is 44.8 Å². The Bertz CT molecular complexity index is 310. The Morgan fingerprint density at radius 3 is 2.31 bits per heavy atom. The molecule has 0 aromatic rings. The lowest BCUT2D eigenvalue weighted by atomic mass is 10.0. The van der Waals surface area contributed by atoms with E-state index in [0.717, 1.165) is 23.7 Å². The Morgan fingerprint density at radius 2 is 1.81 bits per heavy atom. The van der Waals surface area contributed by atoms with Gasteiger partial charge in [-0.05, 0) is 56.8 Å². The van der Waals surface area contributed by atoms with Crippen LogP contribution in [0.3, 0.4) is 0 Å². The van der Waals surface area contributed by atoms with Gasteiger partial charge in [0.25, 0.3) is 5.91 Å². The number of nitrogens with one attached hydrogen (secondary N) is 1. The zero-order chi connectivity index (χ0) is 11.5. The molecule has 0 aliphatic heterocycles. The van der Waals surface area contributed by atoms with Gasteiger partial charge in [0.1, 0.15) is 5.60 Å². The van der Waals surface area contributed by atoms with Crippen LogP contribution in [0.5, 0.6) is 0 Å². The van der Waals surface area contributed by atoms with E-state index in [9.17, 15) is 4.79 Å². The average molecular weight is 223 g/mol. The third-order valence-corrected chi connectivity index (χ3v) is 5.09. The van der Waals surface area contributed by atoms with Gasteiger partial charge in [-0.1, -0.05) is 0 Å². The first-order chi connectivity index (χ1) is 7.54. The van der Waals surface area contributed by atoms with Gasteiger partial charge in [-0.2, -0.15) is 0 Å². The molecule has 3 nitrogen and oxygen atoms in total. The lowest BCUT2D eigenvalue weighted by molar-refractivity contribution is -0.139. The van der Waals surface area contributed by atoms with Crippen molar-refractivity contribution in [3.8, 4) is 0 Å². The van der Waals surface area contributed by atoms with E-state index in [1.54, 1.807) is 7.11 Å². The molecule has 0 saturated heterocycles. The van der Waals surface area contributed by atoms with E-state index in [1.807, 2.05) is 13.8 Å². The highest BCUT2D eigenvalue weighted by molar-refractivity contribution is 5.85. The highest BCUT2D eigenvalue weighted by Gasteiger charge is 2.65. The molecule has 3 saturated carbocycles. The summed E-state index contributed by atoms with van der Waals surface area (Å²) in [6.07, 6.45) is 4.22. The molecule has 3 heteroatoms. The summed E-state index contributed by atoms with van der Waals surface area (Å²) in [5, 5.41) is 3.18. The molecular formula is C13H21NO2. The molecular weight excluding hydrogens is 202 g/mol. The van der Waals surface area contributed by atoms with Crippen LogP contribution in [0.1, 0.15) is 33.1 Å². The van der Waals surface area contributed by atoms with Crippen LogP contribution in [0.25, 0.3) is 0 Å². The highest BCUT2D eigenvalue weighted by atomic mass is 16.5. The molecule has 0 heterocycles. The molecule has 3 rings (SSSR count). The van der Waals surface area contributed by atoms with Gasteiger partial charge in [0, 0.05) is 13.2 Å². The van der Waals surface area contributed by atoms with E-state index in [-0.39, 0.29) is 5.91 Å². The minimum atomic E-state index is -0.685. The fourth-order valence-corrected chi connectivity index (χ4v) is 3.94. The molecule has 0 aromatic heterocycles. The maximum atomic E-state index is 12.0. The van der Waals surface area contributed by atoms with Gasteiger partial charge in [-0.25, -0.2) is 0 Å². The van der Waals surface area contributed by atoms with Crippen molar-refractivity contribution < 1.29 is 9.53 Å². The van der Waals surface area contributed by atoms with Crippen molar-refractivity contribution in [2.75, 3.05) is 7.11 Å². The summed E-state index contributed by atoms with van der Waals surface area (Å²) in [7, 11) is 1.59. The molecule has 1 N–H and O–H groups in total. The average Bonchev–Trinajstić information content (AvgIpc) is 2.68. The van der Waals surface area contributed by atoms with E-state index in [2.05, 4.69) is 5.32 Å². The summed E-state index contributed by atoms with van der Waals surface area (Å²) in [4.78, 5) is 12.0. The van der Waals surface area contributed by atoms with Gasteiger partial charge in [-0.15, -0.1) is 0 Å². The Labute approximate surface area is 96.9 Å². The summed E-state index contributed by atoms with van der Waals surface area (Å²) < 4.78 is 5.21. The Kier molecular flexibility index (Phi) is 2.13. The van der Waals surface area contributed by atoms with Crippen molar-refractivity contribution in [1.29, 1.82) is 0 Å². The Hall–Kier alpha value is -0.570. The largest absolute Gasteiger partial charge is 0.369 e. The molecule has 3 aliphatic rings. The maximum absolute atomic E-state index is 12.0. The van der Waals surface area contributed by atoms with E-state index < -0.39 is 5.60 Å². The zero-order valence-corrected chi connectivity index (χ0v) is 10.3. The number of amides is 1. The van der Waals surface area contributed by atoms with Crippen LogP contribution in [-0.2, 0) is 9.53 Å². The summed E-state index contributed by atoms with van der Waals surface area (Å²) in [6.45, 7) is 3.66. The second kappa shape index (κ2) is 3.22. The lowest BCUT2D eigenvalue weighted by Crippen LogP contribution is -2.45. The van der Waals surface area contributed by atoms with Crippen molar-refractivity contribution in [3.05, 3.63) is 0 Å². The summed E-state index contributed by atoms with van der Waals surface area (Å²) >= 11 is 0. The summed E-state index contributed by atoms with van der Waals surface area (Å²) in [6, 6.07) is 0.466. The first-order valence-corrected chi connectivity index (χ1v) is 6.40. The predicted octanol–water partition coefficient (Wildman–Crippen LogP) is 1.57. The maximum Gasteiger partial charge on any atom is 0.251 e. The van der Waals surface area contributed by atoms with Crippen LogP contribution < -0.4 is 5.32 Å². The minimum Gasteiger partial charge on any atom is -0.369 e. The summed E-state index contributed by atoms with van der Waals surface area (Å²) in [5.41, 5.74) is -0.685. The van der Waals surface area contributed by atoms with E-state index in [1.165, 1.54) is 19.3 Å². The molecule has 1 amide bonds. The first-order valence-electron chi connectivity index (χ1n) is 6.40. The van der Waals surface area contributed by atoms with Gasteiger partial charge in [0.05, 0.1) is 0 Å². The van der Waals surface area contributed by atoms with Gasteiger partial charge in [-0.3, -0.25) is 4.79 Å². The fourth-order valence-electron chi connectivity index (χ4n) is 3.94. The van der Waals surface area contributed by atoms with Crippen molar-refractivity contribution in [2.24, 2.45) is 23.7 Å². The number of rotatable bonds is 3. The molecule has 4 unspecified atom stereocenters. The Morgan fingerprint density at radius 1 is 1.25 bits per heavy atom. The Balaban J connectivity index is 1.61. The monoisotopic (exact) mass is 223 g/mol. The van der Waals surface area contributed by atoms with E-state index in [0.29, 0.717) is 6.04 Å².